The Labute approximate surface area is 159 Å². The highest BCUT2D eigenvalue weighted by Crippen LogP contribution is 2.21. The number of piperazine rings is 1. The van der Waals surface area contributed by atoms with Gasteiger partial charge in [-0.1, -0.05) is 42.5 Å². The van der Waals surface area contributed by atoms with Crippen molar-refractivity contribution >= 4 is 15.8 Å². The quantitative estimate of drug-likeness (QED) is 0.714. The van der Waals surface area contributed by atoms with Gasteiger partial charge in [0.2, 0.25) is 10.0 Å². The lowest BCUT2D eigenvalue weighted by Crippen LogP contribution is -2.49. The van der Waals surface area contributed by atoms with E-state index in [1.165, 1.54) is 16.4 Å². The molecule has 140 valence electrons. The van der Waals surface area contributed by atoms with Gasteiger partial charge in [-0.25, -0.2) is 8.42 Å². The smallest absolute Gasteiger partial charge is 0.244 e. The summed E-state index contributed by atoms with van der Waals surface area (Å²) in [5.74, 6) is 0.0913. The lowest BCUT2D eigenvalue weighted by molar-refractivity contribution is 0.0952. The Morgan fingerprint density at radius 2 is 1.59 bits per heavy atom. The van der Waals surface area contributed by atoms with Crippen LogP contribution in [0.3, 0.4) is 0 Å². The fourth-order valence-corrected chi connectivity index (χ4v) is 4.71. The summed E-state index contributed by atoms with van der Waals surface area (Å²) in [6, 6.07) is 17.4. The molecule has 0 unspecified atom stereocenters. The highest BCUT2D eigenvalue weighted by molar-refractivity contribution is 7.89. The number of ketones is 1. The van der Waals surface area contributed by atoms with Gasteiger partial charge in [0.15, 0.2) is 5.78 Å². The van der Waals surface area contributed by atoms with Gasteiger partial charge in [-0.05, 0) is 12.1 Å². The maximum Gasteiger partial charge on any atom is 0.244 e. The zero-order chi connectivity index (χ0) is 19.3. The topological polar surface area (TPSA) is 81.5 Å². The number of sulfonamides is 1. The Bertz CT molecular complexity index is 944. The summed E-state index contributed by atoms with van der Waals surface area (Å²) in [5, 5.41) is 9.16. The van der Waals surface area contributed by atoms with Gasteiger partial charge < -0.3 is 4.90 Å². The first-order chi connectivity index (χ1) is 13.0. The molecule has 2 aromatic rings. The SMILES string of the molecule is N#Cc1ccccc1S(=O)(=O)N1CCN(CCC(=O)c2ccccc2)CC1. The molecule has 1 heterocycles. The predicted octanol–water partition coefficient (Wildman–Crippen LogP) is 2.14. The molecule has 0 radical (unpaired) electrons. The van der Waals surface area contributed by atoms with Crippen molar-refractivity contribution < 1.29 is 13.2 Å². The van der Waals surface area contributed by atoms with E-state index in [4.69, 9.17) is 5.26 Å². The standard InChI is InChI=1S/C20H21N3O3S/c21-16-18-8-4-5-9-20(18)27(25,26)23-14-12-22(13-15-23)11-10-19(24)17-6-2-1-3-7-17/h1-9H,10-15H2. The minimum absolute atomic E-state index is 0.0557. The van der Waals surface area contributed by atoms with Gasteiger partial charge in [-0.3, -0.25) is 4.79 Å². The highest BCUT2D eigenvalue weighted by atomic mass is 32.2. The molecule has 1 aliphatic heterocycles. The zero-order valence-corrected chi connectivity index (χ0v) is 15.7. The number of nitriles is 1. The molecule has 1 aliphatic rings. The average molecular weight is 383 g/mol. The number of carbonyl (C=O) groups is 1. The summed E-state index contributed by atoms with van der Waals surface area (Å²) < 4.78 is 27.1. The molecular formula is C20H21N3O3S. The third-order valence-corrected chi connectivity index (χ3v) is 6.66. The normalized spacial score (nSPS) is 16.0. The van der Waals surface area contributed by atoms with Crippen molar-refractivity contribution in [2.24, 2.45) is 0 Å². The maximum atomic E-state index is 12.8. The van der Waals surface area contributed by atoms with Crippen molar-refractivity contribution in [1.82, 2.24) is 9.21 Å². The van der Waals surface area contributed by atoms with E-state index in [1.54, 1.807) is 24.3 Å². The van der Waals surface area contributed by atoms with E-state index >= 15 is 0 Å². The monoisotopic (exact) mass is 383 g/mol. The van der Waals surface area contributed by atoms with Gasteiger partial charge in [0, 0.05) is 44.7 Å². The molecule has 27 heavy (non-hydrogen) atoms. The largest absolute Gasteiger partial charge is 0.300 e. The molecule has 2 aromatic carbocycles. The molecule has 1 fully saturated rings. The lowest BCUT2D eigenvalue weighted by atomic mass is 10.1. The Morgan fingerprint density at radius 1 is 0.963 bits per heavy atom. The molecule has 7 heteroatoms. The number of benzene rings is 2. The fraction of sp³-hybridized carbons (Fsp3) is 0.300. The van der Waals surface area contributed by atoms with Crippen LogP contribution in [-0.4, -0.2) is 56.1 Å². The second-order valence-electron chi connectivity index (χ2n) is 6.39. The van der Waals surface area contributed by atoms with Gasteiger partial charge in [-0.15, -0.1) is 0 Å². The van der Waals surface area contributed by atoms with Crippen LogP contribution >= 0.6 is 0 Å². The Balaban J connectivity index is 1.57. The van der Waals surface area contributed by atoms with Crippen LogP contribution in [0.1, 0.15) is 22.3 Å². The van der Waals surface area contributed by atoms with E-state index in [-0.39, 0.29) is 16.2 Å². The third kappa shape index (κ3) is 4.42. The first-order valence-electron chi connectivity index (χ1n) is 8.82. The van der Waals surface area contributed by atoms with Crippen molar-refractivity contribution in [3.63, 3.8) is 0 Å². The summed E-state index contributed by atoms with van der Waals surface area (Å²) >= 11 is 0. The summed E-state index contributed by atoms with van der Waals surface area (Å²) in [7, 11) is -3.69. The van der Waals surface area contributed by atoms with Gasteiger partial charge in [0.05, 0.1) is 10.5 Å². The number of rotatable bonds is 6. The van der Waals surface area contributed by atoms with Crippen LogP contribution in [0.2, 0.25) is 0 Å². The van der Waals surface area contributed by atoms with Crippen molar-refractivity contribution in [3.05, 3.63) is 65.7 Å². The van der Waals surface area contributed by atoms with Crippen molar-refractivity contribution in [1.29, 1.82) is 5.26 Å². The Morgan fingerprint density at radius 3 is 2.26 bits per heavy atom. The summed E-state index contributed by atoms with van der Waals surface area (Å²) in [4.78, 5) is 14.4. The second kappa shape index (κ2) is 8.44. The number of Topliss-reactive ketones (excluding diaryl/α,β-unsaturated/α-hetero) is 1. The van der Waals surface area contributed by atoms with Gasteiger partial charge in [0.25, 0.3) is 0 Å². The van der Waals surface area contributed by atoms with Crippen LogP contribution in [0.5, 0.6) is 0 Å². The highest BCUT2D eigenvalue weighted by Gasteiger charge is 2.30. The molecule has 3 rings (SSSR count). The van der Waals surface area contributed by atoms with E-state index in [1.807, 2.05) is 24.3 Å². The van der Waals surface area contributed by atoms with Crippen LogP contribution in [0.25, 0.3) is 0 Å². The fourth-order valence-electron chi connectivity index (χ4n) is 3.14. The molecular weight excluding hydrogens is 362 g/mol. The number of carbonyl (C=O) groups excluding carboxylic acids is 1. The van der Waals surface area contributed by atoms with E-state index < -0.39 is 10.0 Å². The molecule has 0 aliphatic carbocycles. The van der Waals surface area contributed by atoms with Gasteiger partial charge >= 0.3 is 0 Å². The maximum absolute atomic E-state index is 12.8. The number of nitrogens with zero attached hydrogens (tertiary/aromatic N) is 3. The Kier molecular flexibility index (Phi) is 6.01. The summed E-state index contributed by atoms with van der Waals surface area (Å²) in [6.07, 6.45) is 0.411. The third-order valence-electron chi connectivity index (χ3n) is 4.71. The van der Waals surface area contributed by atoms with E-state index in [0.717, 1.165) is 0 Å². The van der Waals surface area contributed by atoms with Crippen molar-refractivity contribution in [2.45, 2.75) is 11.3 Å². The van der Waals surface area contributed by atoms with Crippen LogP contribution in [0.4, 0.5) is 0 Å². The Hall–Kier alpha value is -2.53. The average Bonchev–Trinajstić information content (AvgIpc) is 2.73. The van der Waals surface area contributed by atoms with Crippen molar-refractivity contribution in [3.8, 4) is 6.07 Å². The van der Waals surface area contributed by atoms with Gasteiger partial charge in [0.1, 0.15) is 6.07 Å². The van der Waals surface area contributed by atoms with E-state index in [0.29, 0.717) is 44.7 Å². The minimum atomic E-state index is -3.69. The number of hydrogen-bond acceptors (Lipinski definition) is 5. The molecule has 0 amide bonds. The number of hydrogen-bond donors (Lipinski definition) is 0. The van der Waals surface area contributed by atoms with Crippen LogP contribution < -0.4 is 0 Å². The lowest BCUT2D eigenvalue weighted by Gasteiger charge is -2.34. The van der Waals surface area contributed by atoms with E-state index in [9.17, 15) is 13.2 Å². The molecule has 0 spiro atoms. The molecule has 0 atom stereocenters. The summed E-state index contributed by atoms with van der Waals surface area (Å²) in [5.41, 5.74) is 0.861. The van der Waals surface area contributed by atoms with Crippen LogP contribution in [-0.2, 0) is 10.0 Å². The summed E-state index contributed by atoms with van der Waals surface area (Å²) in [6.45, 7) is 2.44. The minimum Gasteiger partial charge on any atom is -0.300 e. The predicted molar refractivity (Wildman–Crippen MR) is 102 cm³/mol. The zero-order valence-electron chi connectivity index (χ0n) is 14.9. The van der Waals surface area contributed by atoms with E-state index in [2.05, 4.69) is 4.90 Å². The van der Waals surface area contributed by atoms with Crippen molar-refractivity contribution in [2.75, 3.05) is 32.7 Å². The molecule has 0 aromatic heterocycles. The molecule has 0 N–H and O–H groups in total. The second-order valence-corrected chi connectivity index (χ2v) is 8.30. The van der Waals surface area contributed by atoms with Crippen LogP contribution in [0, 0.1) is 11.3 Å². The first kappa shape index (κ1) is 19.2. The molecule has 0 bridgehead atoms. The van der Waals surface area contributed by atoms with Crippen LogP contribution in [0.15, 0.2) is 59.5 Å². The first-order valence-corrected chi connectivity index (χ1v) is 10.3. The molecule has 6 nitrogen and oxygen atoms in total. The molecule has 1 saturated heterocycles. The van der Waals surface area contributed by atoms with Gasteiger partial charge in [-0.2, -0.15) is 9.57 Å². The molecule has 0 saturated carbocycles.